The summed E-state index contributed by atoms with van der Waals surface area (Å²) < 4.78 is 0.620. The van der Waals surface area contributed by atoms with Crippen LogP contribution in [0.5, 0.6) is 5.75 Å². The average Bonchev–Trinajstić information content (AvgIpc) is 2.12. The quantitative estimate of drug-likeness (QED) is 0.735. The molecule has 2 nitrogen and oxygen atoms in total. The molecule has 0 aliphatic carbocycles. The molecule has 1 heterocycles. The minimum atomic E-state index is 0.125. The maximum absolute atomic E-state index is 9.61. The normalized spacial score (nSPS) is 10.6. The fraction of sp³-hybridized carbons (Fsp3) is 0. The van der Waals surface area contributed by atoms with Gasteiger partial charge in [-0.3, -0.25) is 0 Å². The molecule has 4 heteroatoms. The molecule has 2 rings (SSSR count). The number of benzene rings is 1. The highest BCUT2D eigenvalue weighted by Gasteiger charge is 2.05. The molecule has 13 heavy (non-hydrogen) atoms. The van der Waals surface area contributed by atoms with E-state index in [1.54, 1.807) is 12.1 Å². The topological polar surface area (TPSA) is 33.1 Å². The molecule has 0 spiro atoms. The number of halogens is 2. The lowest BCUT2D eigenvalue weighted by Crippen LogP contribution is -1.81. The van der Waals surface area contributed by atoms with Gasteiger partial charge in [-0.2, -0.15) is 0 Å². The minimum absolute atomic E-state index is 0.125. The fourth-order valence-electron chi connectivity index (χ4n) is 1.13. The van der Waals surface area contributed by atoms with Crippen molar-refractivity contribution in [2.24, 2.45) is 0 Å². The van der Waals surface area contributed by atoms with Gasteiger partial charge >= 0.3 is 0 Å². The molecule has 1 aromatic heterocycles. The molecule has 2 aromatic rings. The third-order valence-electron chi connectivity index (χ3n) is 1.75. The third-order valence-corrected chi connectivity index (χ3v) is 2.60. The van der Waals surface area contributed by atoms with Crippen LogP contribution < -0.4 is 0 Å². The average molecular weight is 259 g/mol. The van der Waals surface area contributed by atoms with E-state index in [2.05, 4.69) is 20.9 Å². The van der Waals surface area contributed by atoms with Gasteiger partial charge in [0.15, 0.2) is 5.75 Å². The molecule has 0 aliphatic rings. The van der Waals surface area contributed by atoms with E-state index in [0.29, 0.717) is 15.1 Å². The van der Waals surface area contributed by atoms with Crippen molar-refractivity contribution in [2.45, 2.75) is 0 Å². The van der Waals surface area contributed by atoms with Crippen molar-refractivity contribution in [1.82, 2.24) is 4.98 Å². The minimum Gasteiger partial charge on any atom is -0.505 e. The first-order valence-electron chi connectivity index (χ1n) is 3.62. The second kappa shape index (κ2) is 3.16. The Balaban J connectivity index is 2.89. The van der Waals surface area contributed by atoms with Gasteiger partial charge in [0.2, 0.25) is 0 Å². The molecule has 0 saturated carbocycles. The predicted octanol–water partition coefficient (Wildman–Crippen LogP) is 3.36. The number of fused-ring (bicyclic) bond motifs is 1. The van der Waals surface area contributed by atoms with Crippen LogP contribution in [0.4, 0.5) is 0 Å². The molecule has 0 saturated heterocycles. The number of nitrogens with zero attached hydrogens (tertiary/aromatic N) is 1. The van der Waals surface area contributed by atoms with Gasteiger partial charge in [0.25, 0.3) is 0 Å². The predicted molar refractivity (Wildman–Crippen MR) is 56.1 cm³/mol. The van der Waals surface area contributed by atoms with Gasteiger partial charge in [-0.15, -0.1) is 0 Å². The Morgan fingerprint density at radius 3 is 2.69 bits per heavy atom. The number of hydrogen-bond acceptors (Lipinski definition) is 2. The maximum atomic E-state index is 9.61. The number of pyridine rings is 1. The van der Waals surface area contributed by atoms with E-state index in [0.717, 1.165) is 5.39 Å². The van der Waals surface area contributed by atoms with Gasteiger partial charge in [0, 0.05) is 5.39 Å². The standard InChI is InChI=1S/C9H5BrClNO/c10-6-3-1-5-2-4-7(11)12-8(5)9(6)13/h1-4,13H. The number of phenols is 1. The second-order valence-corrected chi connectivity index (χ2v) is 3.84. The number of aromatic nitrogens is 1. The van der Waals surface area contributed by atoms with E-state index in [-0.39, 0.29) is 5.75 Å². The van der Waals surface area contributed by atoms with Crippen molar-refractivity contribution < 1.29 is 5.11 Å². The van der Waals surface area contributed by atoms with Gasteiger partial charge in [0.1, 0.15) is 10.7 Å². The molecule has 1 aromatic carbocycles. The van der Waals surface area contributed by atoms with E-state index in [9.17, 15) is 5.11 Å². The highest BCUT2D eigenvalue weighted by Crippen LogP contribution is 2.31. The van der Waals surface area contributed by atoms with Crippen LogP contribution in [-0.4, -0.2) is 10.1 Å². The third kappa shape index (κ3) is 1.49. The van der Waals surface area contributed by atoms with Crippen LogP contribution >= 0.6 is 27.5 Å². The first-order chi connectivity index (χ1) is 6.18. The van der Waals surface area contributed by atoms with Crippen molar-refractivity contribution >= 4 is 38.4 Å². The summed E-state index contributed by atoms with van der Waals surface area (Å²) in [6.45, 7) is 0. The molecule has 0 fully saturated rings. The van der Waals surface area contributed by atoms with E-state index in [1.807, 2.05) is 12.1 Å². The van der Waals surface area contributed by atoms with Crippen LogP contribution in [-0.2, 0) is 0 Å². The van der Waals surface area contributed by atoms with Crippen molar-refractivity contribution in [2.75, 3.05) is 0 Å². The molecule has 0 amide bonds. The molecule has 0 atom stereocenters. The zero-order valence-corrected chi connectivity index (χ0v) is 8.80. The highest BCUT2D eigenvalue weighted by atomic mass is 79.9. The number of phenolic OH excluding ortho intramolecular Hbond substituents is 1. The summed E-state index contributed by atoms with van der Waals surface area (Å²) in [5, 5.41) is 10.9. The molecule has 0 aliphatic heterocycles. The van der Waals surface area contributed by atoms with E-state index in [4.69, 9.17) is 11.6 Å². The van der Waals surface area contributed by atoms with Crippen LogP contribution in [0.15, 0.2) is 28.7 Å². The molecular weight excluding hydrogens is 253 g/mol. The van der Waals surface area contributed by atoms with Crippen molar-refractivity contribution in [3.8, 4) is 5.75 Å². The Hall–Kier alpha value is -0.800. The van der Waals surface area contributed by atoms with Gasteiger partial charge in [0.05, 0.1) is 4.47 Å². The summed E-state index contributed by atoms with van der Waals surface area (Å²) >= 11 is 8.91. The Morgan fingerprint density at radius 1 is 1.23 bits per heavy atom. The largest absolute Gasteiger partial charge is 0.505 e. The second-order valence-electron chi connectivity index (χ2n) is 2.60. The Labute approximate surface area is 88.3 Å². The number of hydrogen-bond donors (Lipinski definition) is 1. The van der Waals surface area contributed by atoms with Crippen LogP contribution in [0, 0.1) is 0 Å². The first kappa shape index (κ1) is 8.78. The van der Waals surface area contributed by atoms with Crippen molar-refractivity contribution in [3.63, 3.8) is 0 Å². The molecule has 0 unspecified atom stereocenters. The summed E-state index contributed by atoms with van der Waals surface area (Å²) in [5.41, 5.74) is 0.516. The van der Waals surface area contributed by atoms with Gasteiger partial charge in [-0.1, -0.05) is 17.7 Å². The van der Waals surface area contributed by atoms with Gasteiger partial charge in [-0.25, -0.2) is 4.98 Å². The zero-order valence-electron chi connectivity index (χ0n) is 6.46. The number of rotatable bonds is 0. The number of aromatic hydroxyl groups is 1. The first-order valence-corrected chi connectivity index (χ1v) is 4.79. The Morgan fingerprint density at radius 2 is 1.92 bits per heavy atom. The van der Waals surface area contributed by atoms with E-state index in [1.165, 1.54) is 0 Å². The van der Waals surface area contributed by atoms with Crippen LogP contribution in [0.1, 0.15) is 0 Å². The Kier molecular flexibility index (Phi) is 2.14. The highest BCUT2D eigenvalue weighted by molar-refractivity contribution is 9.10. The molecule has 1 N–H and O–H groups in total. The SMILES string of the molecule is Oc1c(Br)ccc2ccc(Cl)nc12. The van der Waals surface area contributed by atoms with Crippen LogP contribution in [0.3, 0.4) is 0 Å². The summed E-state index contributed by atoms with van der Waals surface area (Å²) in [4.78, 5) is 4.02. The monoisotopic (exact) mass is 257 g/mol. The summed E-state index contributed by atoms with van der Waals surface area (Å²) in [5.74, 6) is 0.125. The van der Waals surface area contributed by atoms with Crippen LogP contribution in [0.25, 0.3) is 10.9 Å². The van der Waals surface area contributed by atoms with Crippen molar-refractivity contribution in [1.29, 1.82) is 0 Å². The zero-order chi connectivity index (χ0) is 9.42. The summed E-state index contributed by atoms with van der Waals surface area (Å²) in [7, 11) is 0. The van der Waals surface area contributed by atoms with E-state index >= 15 is 0 Å². The summed E-state index contributed by atoms with van der Waals surface area (Å²) in [6, 6.07) is 7.14. The lowest BCUT2D eigenvalue weighted by molar-refractivity contribution is 0.477. The lowest BCUT2D eigenvalue weighted by atomic mass is 10.2. The Bertz CT molecular complexity index is 467. The molecule has 0 radical (unpaired) electrons. The maximum Gasteiger partial charge on any atom is 0.156 e. The van der Waals surface area contributed by atoms with Gasteiger partial charge < -0.3 is 5.11 Å². The smallest absolute Gasteiger partial charge is 0.156 e. The van der Waals surface area contributed by atoms with Gasteiger partial charge in [-0.05, 0) is 34.1 Å². The summed E-state index contributed by atoms with van der Waals surface area (Å²) in [6.07, 6.45) is 0. The lowest BCUT2D eigenvalue weighted by Gasteiger charge is -2.01. The fourth-order valence-corrected chi connectivity index (χ4v) is 1.59. The van der Waals surface area contributed by atoms with Crippen LogP contribution in [0.2, 0.25) is 5.15 Å². The van der Waals surface area contributed by atoms with Crippen molar-refractivity contribution in [3.05, 3.63) is 33.9 Å². The molecule has 66 valence electrons. The van der Waals surface area contributed by atoms with E-state index < -0.39 is 0 Å². The molecule has 0 bridgehead atoms. The molecular formula is C9H5BrClNO.